The maximum Gasteiger partial charge on any atom is 0.314 e. The Hall–Kier alpha value is -3.95. The minimum atomic E-state index is -2.94. The maximum atomic E-state index is 14.9. The van der Waals surface area contributed by atoms with Crippen molar-refractivity contribution < 1.29 is 22.4 Å². The molecule has 0 N–H and O–H groups in total. The van der Waals surface area contributed by atoms with Crippen molar-refractivity contribution in [2.45, 2.75) is 13.0 Å². The summed E-state index contributed by atoms with van der Waals surface area (Å²) in [5.41, 5.74) is 2.59. The van der Waals surface area contributed by atoms with Crippen molar-refractivity contribution in [2.24, 2.45) is 7.05 Å². The molecule has 1 aliphatic rings. The Morgan fingerprint density at radius 1 is 1.10 bits per heavy atom. The molecule has 0 unspecified atom stereocenters. The molecule has 3 heterocycles. The summed E-state index contributed by atoms with van der Waals surface area (Å²) in [7, 11) is 1.79. The first-order valence-corrected chi connectivity index (χ1v) is 9.26. The van der Waals surface area contributed by atoms with Gasteiger partial charge in [-0.1, -0.05) is 18.2 Å². The summed E-state index contributed by atoms with van der Waals surface area (Å²) in [4.78, 5) is 14.7. The number of benzene rings is 2. The van der Waals surface area contributed by atoms with Gasteiger partial charge in [-0.2, -0.15) is 13.9 Å². The van der Waals surface area contributed by atoms with Crippen molar-refractivity contribution in [1.82, 2.24) is 20.0 Å². The van der Waals surface area contributed by atoms with Crippen molar-refractivity contribution in [3.05, 3.63) is 71.6 Å². The number of hydrogen-bond acceptors (Lipinski definition) is 5. The zero-order valence-electron chi connectivity index (χ0n) is 16.1. The average molecular weight is 425 g/mol. The number of anilines is 1. The molecule has 0 radical (unpaired) electrons. The van der Waals surface area contributed by atoms with Gasteiger partial charge in [-0.3, -0.25) is 9.48 Å². The van der Waals surface area contributed by atoms with Crippen molar-refractivity contribution in [3.8, 4) is 22.6 Å². The highest BCUT2D eigenvalue weighted by Crippen LogP contribution is 2.38. The van der Waals surface area contributed by atoms with E-state index >= 15 is 0 Å². The molecule has 1 aliphatic heterocycles. The molecule has 7 nitrogen and oxygen atoms in total. The average Bonchev–Trinajstić information content (AvgIpc) is 3.48. The molecule has 0 fully saturated rings. The fourth-order valence-corrected chi connectivity index (χ4v) is 3.63. The first-order chi connectivity index (χ1) is 14.9. The summed E-state index contributed by atoms with van der Waals surface area (Å²) in [6.45, 7) is 0.0314. The lowest BCUT2D eigenvalue weighted by molar-refractivity contribution is 0.0996. The van der Waals surface area contributed by atoms with Crippen molar-refractivity contribution in [2.75, 3.05) is 4.90 Å². The number of hydrogen-bond donors (Lipinski definition) is 0. The molecule has 0 aliphatic carbocycles. The van der Waals surface area contributed by atoms with E-state index in [9.17, 15) is 18.0 Å². The predicted molar refractivity (Wildman–Crippen MR) is 104 cm³/mol. The van der Waals surface area contributed by atoms with E-state index in [1.54, 1.807) is 30.1 Å². The van der Waals surface area contributed by atoms with Crippen LogP contribution in [0.1, 0.15) is 28.2 Å². The van der Waals surface area contributed by atoms with Gasteiger partial charge in [0.15, 0.2) is 0 Å². The van der Waals surface area contributed by atoms with Gasteiger partial charge in [0.1, 0.15) is 5.82 Å². The zero-order chi connectivity index (χ0) is 21.7. The molecule has 0 saturated carbocycles. The molecule has 2 aromatic heterocycles. The third kappa shape index (κ3) is 3.16. The lowest BCUT2D eigenvalue weighted by atomic mass is 10.1. The number of para-hydroxylation sites is 1. The highest BCUT2D eigenvalue weighted by Gasteiger charge is 2.33. The van der Waals surface area contributed by atoms with Crippen LogP contribution < -0.4 is 4.90 Å². The quantitative estimate of drug-likeness (QED) is 0.485. The van der Waals surface area contributed by atoms with Crippen LogP contribution in [0.4, 0.5) is 18.9 Å². The number of alkyl halides is 2. The molecular formula is C21H14F3N5O2. The van der Waals surface area contributed by atoms with Gasteiger partial charge in [0, 0.05) is 41.1 Å². The summed E-state index contributed by atoms with van der Waals surface area (Å²) >= 11 is 0. The van der Waals surface area contributed by atoms with Crippen LogP contribution in [0.15, 0.2) is 53.2 Å². The van der Waals surface area contributed by atoms with E-state index < -0.39 is 24.0 Å². The van der Waals surface area contributed by atoms with E-state index in [4.69, 9.17) is 4.42 Å². The van der Waals surface area contributed by atoms with Crippen LogP contribution in [0.3, 0.4) is 0 Å². The largest absolute Gasteiger partial charge is 0.415 e. The first kappa shape index (κ1) is 19.0. The molecule has 0 saturated heterocycles. The number of carbonyl (C=O) groups excluding carboxylic acids is 1. The molecular weight excluding hydrogens is 411 g/mol. The van der Waals surface area contributed by atoms with E-state index in [-0.39, 0.29) is 29.1 Å². The van der Waals surface area contributed by atoms with E-state index in [1.807, 2.05) is 18.3 Å². The normalized spacial score (nSPS) is 13.3. The molecule has 10 heteroatoms. The van der Waals surface area contributed by atoms with Gasteiger partial charge >= 0.3 is 6.43 Å². The molecule has 156 valence electrons. The number of fused-ring (bicyclic) bond motifs is 1. The molecule has 0 atom stereocenters. The Morgan fingerprint density at radius 2 is 1.90 bits per heavy atom. The van der Waals surface area contributed by atoms with Gasteiger partial charge in [0.25, 0.3) is 11.8 Å². The number of halogens is 3. The Labute approximate surface area is 173 Å². The Kier molecular flexibility index (Phi) is 4.35. The van der Waals surface area contributed by atoms with E-state index in [0.717, 1.165) is 17.2 Å². The summed E-state index contributed by atoms with van der Waals surface area (Å²) < 4.78 is 46.9. The number of aromatic nitrogens is 4. The molecule has 31 heavy (non-hydrogen) atoms. The molecule has 1 amide bonds. The van der Waals surface area contributed by atoms with Crippen LogP contribution in [0.5, 0.6) is 0 Å². The smallest absolute Gasteiger partial charge is 0.314 e. The Bertz CT molecular complexity index is 1310. The van der Waals surface area contributed by atoms with Gasteiger partial charge in [-0.25, -0.2) is 4.39 Å². The van der Waals surface area contributed by atoms with Gasteiger partial charge in [0.2, 0.25) is 5.89 Å². The monoisotopic (exact) mass is 425 g/mol. The highest BCUT2D eigenvalue weighted by atomic mass is 19.3. The van der Waals surface area contributed by atoms with Gasteiger partial charge in [-0.05, 0) is 18.2 Å². The predicted octanol–water partition coefficient (Wildman–Crippen LogP) is 4.37. The van der Waals surface area contributed by atoms with Gasteiger partial charge < -0.3 is 9.32 Å². The second kappa shape index (κ2) is 7.08. The number of aryl methyl sites for hydroxylation is 1. The summed E-state index contributed by atoms with van der Waals surface area (Å²) in [6.07, 6.45) is 0.560. The second-order valence-corrected chi connectivity index (χ2v) is 7.04. The minimum absolute atomic E-state index is 0.0314. The molecule has 4 aromatic rings. The summed E-state index contributed by atoms with van der Waals surface area (Å²) in [6, 6.07) is 9.75. The van der Waals surface area contributed by atoms with Crippen molar-refractivity contribution in [3.63, 3.8) is 0 Å². The van der Waals surface area contributed by atoms with E-state index in [0.29, 0.717) is 5.69 Å². The van der Waals surface area contributed by atoms with Crippen molar-refractivity contribution >= 4 is 11.6 Å². The lowest BCUT2D eigenvalue weighted by Crippen LogP contribution is -2.23. The SMILES string of the molecule is Cn1cc(-c2ccccc2N2Cc3c(F)cc(-c4nnc(C(F)F)o4)cc3C2=O)cn1. The Balaban J connectivity index is 1.55. The third-order valence-electron chi connectivity index (χ3n) is 5.07. The van der Waals surface area contributed by atoms with Gasteiger partial charge in [-0.15, -0.1) is 10.2 Å². The van der Waals surface area contributed by atoms with Crippen LogP contribution in [-0.2, 0) is 13.6 Å². The lowest BCUT2D eigenvalue weighted by Gasteiger charge is -2.19. The molecule has 5 rings (SSSR count). The van der Waals surface area contributed by atoms with Gasteiger partial charge in [0.05, 0.1) is 18.4 Å². The second-order valence-electron chi connectivity index (χ2n) is 7.04. The van der Waals surface area contributed by atoms with E-state index in [1.165, 1.54) is 11.0 Å². The van der Waals surface area contributed by atoms with Crippen LogP contribution in [0.2, 0.25) is 0 Å². The van der Waals surface area contributed by atoms with Crippen LogP contribution in [0, 0.1) is 5.82 Å². The minimum Gasteiger partial charge on any atom is -0.415 e. The number of rotatable bonds is 4. The summed E-state index contributed by atoms with van der Waals surface area (Å²) in [5, 5.41) is 11.0. The maximum absolute atomic E-state index is 14.9. The standard InChI is InChI=1S/C21H14F3N5O2/c1-28-9-12(8-25-28)13-4-2-3-5-17(13)29-10-15-14(21(29)30)6-11(7-16(15)22)19-26-27-20(31-19)18(23)24/h2-9,18H,10H2,1H3. The number of carbonyl (C=O) groups is 1. The third-order valence-corrected chi connectivity index (χ3v) is 5.07. The fourth-order valence-electron chi connectivity index (χ4n) is 3.63. The number of amides is 1. The highest BCUT2D eigenvalue weighted by molar-refractivity contribution is 6.12. The topological polar surface area (TPSA) is 77.0 Å². The first-order valence-electron chi connectivity index (χ1n) is 9.26. The van der Waals surface area contributed by atoms with E-state index in [2.05, 4.69) is 15.3 Å². The summed E-state index contributed by atoms with van der Waals surface area (Å²) in [5.74, 6) is -2.21. The molecule has 0 bridgehead atoms. The Morgan fingerprint density at radius 3 is 2.61 bits per heavy atom. The number of nitrogens with zero attached hydrogens (tertiary/aromatic N) is 5. The molecule has 2 aromatic carbocycles. The van der Waals surface area contributed by atoms with Crippen LogP contribution >= 0.6 is 0 Å². The van der Waals surface area contributed by atoms with Crippen LogP contribution in [0.25, 0.3) is 22.6 Å². The molecule has 0 spiro atoms. The van der Waals surface area contributed by atoms with Crippen LogP contribution in [-0.4, -0.2) is 25.9 Å². The zero-order valence-corrected chi connectivity index (χ0v) is 16.1. The fraction of sp³-hybridized carbons (Fsp3) is 0.143. The van der Waals surface area contributed by atoms with Crippen molar-refractivity contribution in [1.29, 1.82) is 0 Å².